The number of nitrogens with zero attached hydrogens (tertiary/aromatic N) is 1. The number of hydrogen-bond acceptors (Lipinski definition) is 7. The highest BCUT2D eigenvalue weighted by Gasteiger charge is 2.19. The van der Waals surface area contributed by atoms with E-state index in [0.717, 1.165) is 17.7 Å². The van der Waals surface area contributed by atoms with E-state index in [1.54, 1.807) is 30.1 Å². The minimum absolute atomic E-state index is 0.297. The van der Waals surface area contributed by atoms with Crippen molar-refractivity contribution in [3.63, 3.8) is 0 Å². The lowest BCUT2D eigenvalue weighted by molar-refractivity contribution is -0.404. The van der Waals surface area contributed by atoms with Crippen molar-refractivity contribution in [2.24, 2.45) is 5.73 Å². The Morgan fingerprint density at radius 1 is 1.59 bits per heavy atom. The van der Waals surface area contributed by atoms with E-state index in [0.29, 0.717) is 12.4 Å². The molecule has 0 bridgehead atoms. The second-order valence-electron chi connectivity index (χ2n) is 5.50. The first-order valence-electron chi connectivity index (χ1n) is 6.97. The molecule has 0 atom stereocenters. The lowest BCUT2D eigenvalue weighted by Gasteiger charge is -2.17. The molecule has 0 saturated carbocycles. The van der Waals surface area contributed by atoms with Crippen molar-refractivity contribution >= 4 is 23.1 Å². The number of thiophene rings is 1. The van der Waals surface area contributed by atoms with Crippen molar-refractivity contribution in [1.29, 1.82) is 0 Å². The molecule has 0 aliphatic heterocycles. The third kappa shape index (κ3) is 6.25. The Bertz CT molecular complexity index is 535. The summed E-state index contributed by atoms with van der Waals surface area (Å²) >= 11 is 3.56. The monoisotopic (exact) mass is 344 g/mol. The van der Waals surface area contributed by atoms with Crippen LogP contribution in [0.4, 0.5) is 0 Å². The zero-order valence-electron chi connectivity index (χ0n) is 13.4. The summed E-state index contributed by atoms with van der Waals surface area (Å²) in [5.41, 5.74) is 7.11. The molecule has 1 rings (SSSR count). The minimum atomic E-state index is -0.476. The van der Waals surface area contributed by atoms with E-state index in [2.05, 4.69) is 23.6 Å². The maximum atomic E-state index is 10.4. The van der Waals surface area contributed by atoms with Crippen molar-refractivity contribution in [3.8, 4) is 0 Å². The summed E-state index contributed by atoms with van der Waals surface area (Å²) in [5, 5.41) is 16.1. The Balaban J connectivity index is 2.38. The van der Waals surface area contributed by atoms with Crippen LogP contribution in [-0.2, 0) is 11.3 Å². The molecule has 0 radical (unpaired) electrons. The van der Waals surface area contributed by atoms with Crippen LogP contribution in [0.1, 0.15) is 29.2 Å². The Labute approximate surface area is 139 Å². The Hall–Kier alpha value is -1.25. The van der Waals surface area contributed by atoms with Crippen molar-refractivity contribution in [2.45, 2.75) is 32.1 Å². The Morgan fingerprint density at radius 3 is 2.77 bits per heavy atom. The molecule has 22 heavy (non-hydrogen) atoms. The second-order valence-corrected chi connectivity index (χ2v) is 7.75. The van der Waals surface area contributed by atoms with Gasteiger partial charge in [-0.05, 0) is 32.4 Å². The third-order valence-corrected chi connectivity index (χ3v) is 5.63. The van der Waals surface area contributed by atoms with Gasteiger partial charge in [-0.25, -0.2) is 0 Å². The van der Waals surface area contributed by atoms with Crippen LogP contribution >= 0.6 is 23.1 Å². The Morgan fingerprint density at radius 2 is 2.27 bits per heavy atom. The molecular weight excluding hydrogens is 320 g/mol. The molecular formula is C14H24N4O2S2. The van der Waals surface area contributed by atoms with Crippen LogP contribution < -0.4 is 16.4 Å². The first-order valence-corrected chi connectivity index (χ1v) is 8.94. The number of nitrogens with two attached hydrogens (primary N) is 1. The number of rotatable bonds is 9. The molecule has 0 fully saturated rings. The van der Waals surface area contributed by atoms with E-state index in [9.17, 15) is 10.1 Å². The van der Waals surface area contributed by atoms with Gasteiger partial charge in [-0.2, -0.15) is 11.8 Å². The van der Waals surface area contributed by atoms with Crippen LogP contribution in [0.15, 0.2) is 18.1 Å². The largest absolute Gasteiger partial charge is 0.370 e. The van der Waals surface area contributed by atoms with E-state index in [1.165, 1.54) is 15.3 Å². The quantitative estimate of drug-likeness (QED) is 0.362. The van der Waals surface area contributed by atoms with Gasteiger partial charge < -0.3 is 16.4 Å². The maximum absolute atomic E-state index is 10.4. The van der Waals surface area contributed by atoms with Gasteiger partial charge in [0.1, 0.15) is 0 Å². The summed E-state index contributed by atoms with van der Waals surface area (Å²) < 4.78 is 0. The van der Waals surface area contributed by atoms with Crippen LogP contribution in [0.5, 0.6) is 0 Å². The summed E-state index contributed by atoms with van der Waals surface area (Å²) in [5.74, 6) is 2.22. The molecule has 0 aliphatic carbocycles. The average Bonchev–Trinajstić information content (AvgIpc) is 2.77. The third-order valence-electron chi connectivity index (χ3n) is 2.86. The number of thioether (sulfide) groups is 1. The fraction of sp³-hybridized carbons (Fsp3) is 0.571. The zero-order chi connectivity index (χ0) is 16.8. The van der Waals surface area contributed by atoms with Crippen LogP contribution in [0, 0.1) is 17.0 Å². The molecule has 0 aromatic carbocycles. The van der Waals surface area contributed by atoms with Gasteiger partial charge in [0.05, 0.1) is 4.92 Å². The first-order chi connectivity index (χ1) is 10.2. The minimum Gasteiger partial charge on any atom is -0.370 e. The molecule has 1 aromatic heterocycles. The number of aryl methyl sites for hydroxylation is 1. The molecule has 1 aromatic rings. The van der Waals surface area contributed by atoms with Crippen molar-refractivity contribution in [3.05, 3.63) is 43.5 Å². The fourth-order valence-corrected chi connectivity index (χ4v) is 4.14. The molecule has 0 saturated heterocycles. The summed E-state index contributed by atoms with van der Waals surface area (Å²) in [6.07, 6.45) is 0.933. The SMILES string of the molecule is CN/C(=C\[N+](=O)[O-])NCCSCc1cc(C)c(C(C)(C)N)s1. The van der Waals surface area contributed by atoms with E-state index < -0.39 is 4.92 Å². The van der Waals surface area contributed by atoms with Gasteiger partial charge in [0.2, 0.25) is 0 Å². The van der Waals surface area contributed by atoms with Gasteiger partial charge >= 0.3 is 0 Å². The smallest absolute Gasteiger partial charge is 0.274 e. The fourth-order valence-electron chi connectivity index (χ4n) is 1.99. The van der Waals surface area contributed by atoms with Gasteiger partial charge in [0.15, 0.2) is 5.82 Å². The van der Waals surface area contributed by atoms with Crippen LogP contribution in [0.2, 0.25) is 0 Å². The van der Waals surface area contributed by atoms with E-state index in [1.807, 2.05) is 13.8 Å². The number of hydrogen-bond donors (Lipinski definition) is 3. The topological polar surface area (TPSA) is 93.2 Å². The lowest BCUT2D eigenvalue weighted by atomic mass is 10.0. The van der Waals surface area contributed by atoms with Crippen LogP contribution in [-0.4, -0.2) is 24.3 Å². The summed E-state index contributed by atoms with van der Waals surface area (Å²) in [6, 6.07) is 2.20. The second kappa shape index (κ2) is 8.40. The summed E-state index contributed by atoms with van der Waals surface area (Å²) in [7, 11) is 1.65. The predicted octanol–water partition coefficient (Wildman–Crippen LogP) is 2.37. The van der Waals surface area contributed by atoms with Gasteiger partial charge in [0.25, 0.3) is 6.20 Å². The highest BCUT2D eigenvalue weighted by atomic mass is 32.2. The highest BCUT2D eigenvalue weighted by Crippen LogP contribution is 2.32. The standard InChI is InChI=1S/C14H24N4O2S2/c1-10-7-11(22-13(10)14(2,3)15)9-21-6-5-17-12(16-4)8-18(19)20/h7-8,16-17H,5-6,9,15H2,1-4H3/b12-8+. The van der Waals surface area contributed by atoms with E-state index in [4.69, 9.17) is 5.73 Å². The molecule has 8 heteroatoms. The maximum Gasteiger partial charge on any atom is 0.274 e. The zero-order valence-corrected chi connectivity index (χ0v) is 15.1. The Kier molecular flexibility index (Phi) is 7.18. The molecule has 0 unspecified atom stereocenters. The van der Waals surface area contributed by atoms with E-state index >= 15 is 0 Å². The van der Waals surface area contributed by atoms with Crippen LogP contribution in [0.25, 0.3) is 0 Å². The molecule has 4 N–H and O–H groups in total. The number of nitro groups is 1. The van der Waals surface area contributed by atoms with Crippen molar-refractivity contribution < 1.29 is 4.92 Å². The van der Waals surface area contributed by atoms with Gasteiger partial charge in [-0.15, -0.1) is 11.3 Å². The van der Waals surface area contributed by atoms with E-state index in [-0.39, 0.29) is 5.54 Å². The molecule has 0 amide bonds. The molecule has 0 aliphatic rings. The molecule has 6 nitrogen and oxygen atoms in total. The normalized spacial score (nSPS) is 12.3. The highest BCUT2D eigenvalue weighted by molar-refractivity contribution is 7.98. The summed E-state index contributed by atoms with van der Waals surface area (Å²) in [6.45, 7) is 6.81. The molecule has 124 valence electrons. The van der Waals surface area contributed by atoms with Crippen molar-refractivity contribution in [2.75, 3.05) is 19.3 Å². The van der Waals surface area contributed by atoms with Crippen molar-refractivity contribution in [1.82, 2.24) is 10.6 Å². The first kappa shape index (κ1) is 18.8. The molecule has 1 heterocycles. The lowest BCUT2D eigenvalue weighted by Crippen LogP contribution is -2.28. The van der Waals surface area contributed by atoms with Gasteiger partial charge in [-0.3, -0.25) is 10.1 Å². The van der Waals surface area contributed by atoms with Gasteiger partial charge in [-0.1, -0.05) is 0 Å². The predicted molar refractivity (Wildman–Crippen MR) is 94.6 cm³/mol. The average molecular weight is 345 g/mol. The van der Waals surface area contributed by atoms with Crippen LogP contribution in [0.3, 0.4) is 0 Å². The summed E-state index contributed by atoms with van der Waals surface area (Å²) in [4.78, 5) is 12.5. The van der Waals surface area contributed by atoms with Gasteiger partial charge in [0, 0.05) is 40.4 Å². The number of nitrogens with one attached hydrogen (secondary N) is 2. The molecule has 0 spiro atoms.